The second kappa shape index (κ2) is 5.89. The van der Waals surface area contributed by atoms with Gasteiger partial charge >= 0.3 is 0 Å². The smallest absolute Gasteiger partial charge is 0.0657 e. The Labute approximate surface area is 111 Å². The Hall–Kier alpha value is -0.120. The summed E-state index contributed by atoms with van der Waals surface area (Å²) in [7, 11) is 1.84. The molecule has 2 rings (SSSR count). The molecule has 3 heteroatoms. The molecular formula is C15H29NO2. The van der Waals surface area contributed by atoms with E-state index in [-0.39, 0.29) is 6.10 Å². The van der Waals surface area contributed by atoms with Crippen molar-refractivity contribution >= 4 is 0 Å². The highest BCUT2D eigenvalue weighted by atomic mass is 16.5. The minimum Gasteiger partial charge on any atom is -0.393 e. The number of methoxy groups -OCH3 is 1. The number of aliphatic hydroxyl groups is 1. The second-order valence-electron chi connectivity index (χ2n) is 6.12. The largest absolute Gasteiger partial charge is 0.393 e. The first-order valence-corrected chi connectivity index (χ1v) is 7.62. The molecule has 106 valence electrons. The van der Waals surface area contributed by atoms with Crippen LogP contribution in [0.1, 0.15) is 52.4 Å². The van der Waals surface area contributed by atoms with Gasteiger partial charge in [0.05, 0.1) is 12.2 Å². The van der Waals surface area contributed by atoms with Crippen LogP contribution in [0.4, 0.5) is 0 Å². The average molecular weight is 255 g/mol. The van der Waals surface area contributed by atoms with Gasteiger partial charge in [0.1, 0.15) is 0 Å². The normalized spacial score (nSPS) is 38.7. The van der Waals surface area contributed by atoms with Crippen LogP contribution in [0.3, 0.4) is 0 Å². The minimum absolute atomic E-state index is 0.0755. The van der Waals surface area contributed by atoms with E-state index in [2.05, 4.69) is 19.2 Å². The van der Waals surface area contributed by atoms with Gasteiger partial charge in [-0.1, -0.05) is 20.3 Å². The predicted molar refractivity (Wildman–Crippen MR) is 73.6 cm³/mol. The molecule has 4 atom stereocenters. The summed E-state index contributed by atoms with van der Waals surface area (Å²) in [5, 5.41) is 13.6. The SMILES string of the molecule is CCC1(CC)C(NCC2CCCC2O)CC1OC. The lowest BCUT2D eigenvalue weighted by atomic mass is 9.58. The zero-order valence-electron chi connectivity index (χ0n) is 12.1. The van der Waals surface area contributed by atoms with Crippen molar-refractivity contribution in [3.05, 3.63) is 0 Å². The number of ether oxygens (including phenoxy) is 1. The van der Waals surface area contributed by atoms with Crippen LogP contribution in [0.25, 0.3) is 0 Å². The van der Waals surface area contributed by atoms with Crippen LogP contribution in [0.15, 0.2) is 0 Å². The molecule has 18 heavy (non-hydrogen) atoms. The summed E-state index contributed by atoms with van der Waals surface area (Å²) in [6.45, 7) is 5.52. The zero-order chi connectivity index (χ0) is 13.2. The molecule has 2 fully saturated rings. The van der Waals surface area contributed by atoms with E-state index < -0.39 is 0 Å². The summed E-state index contributed by atoms with van der Waals surface area (Å²) >= 11 is 0. The van der Waals surface area contributed by atoms with Gasteiger partial charge in [0.2, 0.25) is 0 Å². The fraction of sp³-hybridized carbons (Fsp3) is 1.00. The van der Waals surface area contributed by atoms with Gasteiger partial charge in [-0.05, 0) is 38.0 Å². The van der Waals surface area contributed by atoms with Crippen molar-refractivity contribution in [3.8, 4) is 0 Å². The van der Waals surface area contributed by atoms with Crippen molar-refractivity contribution in [3.63, 3.8) is 0 Å². The van der Waals surface area contributed by atoms with Crippen LogP contribution in [0.2, 0.25) is 0 Å². The van der Waals surface area contributed by atoms with E-state index in [0.29, 0.717) is 23.5 Å². The molecular weight excluding hydrogens is 226 g/mol. The molecule has 0 heterocycles. The Morgan fingerprint density at radius 1 is 1.28 bits per heavy atom. The third-order valence-corrected chi connectivity index (χ3v) is 5.63. The molecule has 0 saturated heterocycles. The lowest BCUT2D eigenvalue weighted by Crippen LogP contribution is -2.63. The quantitative estimate of drug-likeness (QED) is 0.765. The minimum atomic E-state index is -0.0755. The topological polar surface area (TPSA) is 41.5 Å². The number of nitrogens with one attached hydrogen (secondary N) is 1. The highest BCUT2D eigenvalue weighted by Gasteiger charge is 2.52. The van der Waals surface area contributed by atoms with Crippen molar-refractivity contribution in [1.29, 1.82) is 0 Å². The first-order chi connectivity index (χ1) is 8.67. The van der Waals surface area contributed by atoms with Crippen molar-refractivity contribution in [2.45, 2.75) is 70.6 Å². The highest BCUT2D eigenvalue weighted by molar-refractivity contribution is 5.06. The van der Waals surface area contributed by atoms with E-state index in [1.54, 1.807) is 0 Å². The van der Waals surface area contributed by atoms with E-state index in [1.807, 2.05) is 7.11 Å². The molecule has 2 aliphatic rings. The summed E-state index contributed by atoms with van der Waals surface area (Å²) in [5.74, 6) is 0.470. The molecule has 0 spiro atoms. The van der Waals surface area contributed by atoms with Crippen molar-refractivity contribution in [1.82, 2.24) is 5.32 Å². The van der Waals surface area contributed by atoms with Gasteiger partial charge in [-0.15, -0.1) is 0 Å². The lowest BCUT2D eigenvalue weighted by molar-refractivity contribution is -0.124. The van der Waals surface area contributed by atoms with Crippen LogP contribution < -0.4 is 5.32 Å². The van der Waals surface area contributed by atoms with Gasteiger partial charge in [-0.25, -0.2) is 0 Å². The fourth-order valence-electron chi connectivity index (χ4n) is 4.11. The summed E-state index contributed by atoms with van der Waals surface area (Å²) < 4.78 is 5.62. The molecule has 0 aromatic heterocycles. The van der Waals surface area contributed by atoms with Gasteiger partial charge in [-0.3, -0.25) is 0 Å². The first-order valence-electron chi connectivity index (χ1n) is 7.62. The van der Waals surface area contributed by atoms with Gasteiger partial charge in [0, 0.05) is 25.1 Å². The van der Waals surface area contributed by atoms with E-state index >= 15 is 0 Å². The molecule has 4 unspecified atom stereocenters. The van der Waals surface area contributed by atoms with Gasteiger partial charge in [0.15, 0.2) is 0 Å². The average Bonchev–Trinajstić information content (AvgIpc) is 2.76. The molecule has 0 radical (unpaired) electrons. The fourth-order valence-corrected chi connectivity index (χ4v) is 4.11. The third-order valence-electron chi connectivity index (χ3n) is 5.63. The standard InChI is InChI=1S/C15H29NO2/c1-4-15(5-2)13(9-14(15)18-3)16-10-11-7-6-8-12(11)17/h11-14,16-17H,4-10H2,1-3H3. The maximum Gasteiger partial charge on any atom is 0.0657 e. The maximum atomic E-state index is 9.87. The Morgan fingerprint density at radius 3 is 2.50 bits per heavy atom. The summed E-state index contributed by atoms with van der Waals surface area (Å²) in [4.78, 5) is 0. The lowest BCUT2D eigenvalue weighted by Gasteiger charge is -2.55. The molecule has 2 saturated carbocycles. The molecule has 0 aromatic rings. The van der Waals surface area contributed by atoms with Crippen molar-refractivity contribution < 1.29 is 9.84 Å². The van der Waals surface area contributed by atoms with E-state index in [0.717, 1.165) is 19.4 Å². The van der Waals surface area contributed by atoms with Crippen molar-refractivity contribution in [2.75, 3.05) is 13.7 Å². The van der Waals surface area contributed by atoms with Crippen molar-refractivity contribution in [2.24, 2.45) is 11.3 Å². The summed E-state index contributed by atoms with van der Waals surface area (Å²) in [6.07, 6.45) is 7.17. The Balaban J connectivity index is 1.86. The van der Waals surface area contributed by atoms with E-state index in [1.165, 1.54) is 25.7 Å². The van der Waals surface area contributed by atoms with Gasteiger partial charge in [-0.2, -0.15) is 0 Å². The molecule has 0 aliphatic heterocycles. The van der Waals surface area contributed by atoms with Crippen LogP contribution in [0, 0.1) is 11.3 Å². The predicted octanol–water partition coefficient (Wildman–Crippen LogP) is 2.33. The van der Waals surface area contributed by atoms with Gasteiger partial charge < -0.3 is 15.2 Å². The number of aliphatic hydroxyl groups excluding tert-OH is 1. The van der Waals surface area contributed by atoms with E-state index in [9.17, 15) is 5.11 Å². The summed E-state index contributed by atoms with van der Waals surface area (Å²) in [5.41, 5.74) is 0.318. The van der Waals surface area contributed by atoms with Gasteiger partial charge in [0.25, 0.3) is 0 Å². The second-order valence-corrected chi connectivity index (χ2v) is 6.12. The van der Waals surface area contributed by atoms with Crippen LogP contribution >= 0.6 is 0 Å². The molecule has 0 bridgehead atoms. The van der Waals surface area contributed by atoms with Crippen LogP contribution in [-0.2, 0) is 4.74 Å². The molecule has 2 N–H and O–H groups in total. The number of hydrogen-bond acceptors (Lipinski definition) is 3. The van der Waals surface area contributed by atoms with E-state index in [4.69, 9.17) is 4.74 Å². The zero-order valence-corrected chi connectivity index (χ0v) is 12.1. The molecule has 3 nitrogen and oxygen atoms in total. The Kier molecular flexibility index (Phi) is 4.68. The summed E-state index contributed by atoms with van der Waals surface area (Å²) in [6, 6.07) is 0.574. The first kappa shape index (κ1) is 14.3. The highest BCUT2D eigenvalue weighted by Crippen LogP contribution is 2.48. The van der Waals surface area contributed by atoms with Crippen LogP contribution in [0.5, 0.6) is 0 Å². The number of hydrogen-bond donors (Lipinski definition) is 2. The third kappa shape index (κ3) is 2.33. The molecule has 0 aromatic carbocycles. The molecule has 0 amide bonds. The monoisotopic (exact) mass is 255 g/mol. The van der Waals surface area contributed by atoms with Crippen LogP contribution in [-0.4, -0.2) is 37.0 Å². The number of rotatable bonds is 6. The Morgan fingerprint density at radius 2 is 2.00 bits per heavy atom. The Bertz CT molecular complexity index is 265. The molecule has 2 aliphatic carbocycles. The maximum absolute atomic E-state index is 9.87.